The van der Waals surface area contributed by atoms with Crippen LogP contribution < -0.4 is 0 Å². The molecule has 0 aliphatic heterocycles. The highest BCUT2D eigenvalue weighted by atomic mass is 35.5. The Morgan fingerprint density at radius 1 is 1.23 bits per heavy atom. The zero-order valence-electron chi connectivity index (χ0n) is 6.11. The Labute approximate surface area is 95.0 Å². The lowest BCUT2D eigenvalue weighted by Crippen LogP contribution is -1.94. The molecule has 0 aliphatic rings. The molecule has 13 heavy (non-hydrogen) atoms. The highest BCUT2D eigenvalue weighted by molar-refractivity contribution is 6.48. The molecular formula is C7H2Cl4N2. The lowest BCUT2D eigenvalue weighted by molar-refractivity contribution is 1.15. The van der Waals surface area contributed by atoms with Crippen molar-refractivity contribution in [2.75, 3.05) is 0 Å². The summed E-state index contributed by atoms with van der Waals surface area (Å²) in [6.07, 6.45) is 0. The smallest absolute Gasteiger partial charge is 0.149 e. The van der Waals surface area contributed by atoms with Crippen LogP contribution in [-0.4, -0.2) is 4.98 Å². The zero-order valence-corrected chi connectivity index (χ0v) is 9.14. The van der Waals surface area contributed by atoms with Gasteiger partial charge in [-0.25, -0.2) is 4.98 Å². The average molecular weight is 256 g/mol. The third kappa shape index (κ3) is 2.00. The van der Waals surface area contributed by atoms with E-state index in [0.717, 1.165) is 0 Å². The molecule has 0 saturated carbocycles. The quantitative estimate of drug-likeness (QED) is 0.567. The van der Waals surface area contributed by atoms with Gasteiger partial charge in [-0.1, -0.05) is 34.8 Å². The number of hydrogen-bond donors (Lipinski definition) is 0. The number of pyridine rings is 1. The van der Waals surface area contributed by atoms with E-state index in [1.165, 1.54) is 0 Å². The summed E-state index contributed by atoms with van der Waals surface area (Å²) in [7, 11) is 0. The highest BCUT2D eigenvalue weighted by Crippen LogP contribution is 2.32. The second-order valence-electron chi connectivity index (χ2n) is 2.10. The van der Waals surface area contributed by atoms with Gasteiger partial charge in [0, 0.05) is 0 Å². The van der Waals surface area contributed by atoms with E-state index in [-0.39, 0.29) is 26.6 Å². The summed E-state index contributed by atoms with van der Waals surface area (Å²) in [5.41, 5.74) is 0.509. The number of aromatic nitrogens is 1. The van der Waals surface area contributed by atoms with Crippen molar-refractivity contribution in [1.82, 2.24) is 4.98 Å². The molecule has 0 radical (unpaired) electrons. The Bertz CT molecular complexity index is 383. The summed E-state index contributed by atoms with van der Waals surface area (Å²) in [6.45, 7) is 0. The fourth-order valence-electron chi connectivity index (χ4n) is 0.761. The molecule has 1 rings (SSSR count). The fraction of sp³-hybridized carbons (Fsp3) is 0.143. The van der Waals surface area contributed by atoms with Crippen LogP contribution in [0.5, 0.6) is 0 Å². The number of rotatable bonds is 1. The SMILES string of the molecule is N#Cc1c(CCl)nc(Cl)c(Cl)c1Cl. The van der Waals surface area contributed by atoms with Crippen LogP contribution in [0.25, 0.3) is 0 Å². The van der Waals surface area contributed by atoms with Gasteiger partial charge in [0.25, 0.3) is 0 Å². The van der Waals surface area contributed by atoms with Crippen molar-refractivity contribution in [2.45, 2.75) is 5.88 Å². The van der Waals surface area contributed by atoms with Gasteiger partial charge >= 0.3 is 0 Å². The van der Waals surface area contributed by atoms with Crippen LogP contribution >= 0.6 is 46.4 Å². The first-order chi connectivity index (χ1) is 6.11. The number of nitriles is 1. The maximum absolute atomic E-state index is 8.71. The highest BCUT2D eigenvalue weighted by Gasteiger charge is 2.15. The van der Waals surface area contributed by atoms with Gasteiger partial charge in [-0.15, -0.1) is 11.6 Å². The summed E-state index contributed by atoms with van der Waals surface area (Å²) < 4.78 is 0. The summed E-state index contributed by atoms with van der Waals surface area (Å²) in [6, 6.07) is 1.86. The molecule has 1 aromatic rings. The van der Waals surface area contributed by atoms with Crippen molar-refractivity contribution < 1.29 is 0 Å². The molecule has 68 valence electrons. The minimum Gasteiger partial charge on any atom is -0.237 e. The molecular weight excluding hydrogens is 254 g/mol. The molecule has 0 saturated heterocycles. The zero-order chi connectivity index (χ0) is 10.0. The molecule has 1 aromatic heterocycles. The van der Waals surface area contributed by atoms with Gasteiger partial charge in [0.05, 0.1) is 27.2 Å². The second kappa shape index (κ2) is 4.34. The average Bonchev–Trinajstić information content (AvgIpc) is 2.13. The topological polar surface area (TPSA) is 36.7 Å². The lowest BCUT2D eigenvalue weighted by atomic mass is 10.2. The van der Waals surface area contributed by atoms with Crippen molar-refractivity contribution in [3.05, 3.63) is 26.5 Å². The van der Waals surface area contributed by atoms with Crippen LogP contribution in [0.2, 0.25) is 15.2 Å². The Kier molecular flexibility index (Phi) is 3.63. The van der Waals surface area contributed by atoms with Crippen LogP contribution in [0, 0.1) is 11.3 Å². The maximum atomic E-state index is 8.71. The van der Waals surface area contributed by atoms with E-state index in [1.807, 2.05) is 6.07 Å². The minimum atomic E-state index is 0.0568. The second-order valence-corrected chi connectivity index (χ2v) is 3.48. The molecule has 6 heteroatoms. The molecule has 0 fully saturated rings. The Morgan fingerprint density at radius 2 is 1.85 bits per heavy atom. The van der Waals surface area contributed by atoms with Gasteiger partial charge in [-0.05, 0) is 0 Å². The van der Waals surface area contributed by atoms with E-state index < -0.39 is 0 Å². The van der Waals surface area contributed by atoms with Crippen LogP contribution in [-0.2, 0) is 5.88 Å². The van der Waals surface area contributed by atoms with E-state index in [1.54, 1.807) is 0 Å². The van der Waals surface area contributed by atoms with E-state index in [0.29, 0.717) is 5.69 Å². The molecule has 0 aliphatic carbocycles. The van der Waals surface area contributed by atoms with E-state index in [2.05, 4.69) is 4.98 Å². The standard InChI is InChI=1S/C7H2Cl4N2/c8-1-4-3(2-12)5(9)6(10)7(11)13-4/h1H2. The van der Waals surface area contributed by atoms with Crippen LogP contribution in [0.3, 0.4) is 0 Å². The van der Waals surface area contributed by atoms with Gasteiger partial charge in [0.15, 0.2) is 0 Å². The number of halogens is 4. The molecule has 0 amide bonds. The predicted molar refractivity (Wildman–Crippen MR) is 53.5 cm³/mol. The van der Waals surface area contributed by atoms with E-state index >= 15 is 0 Å². The molecule has 2 nitrogen and oxygen atoms in total. The summed E-state index contributed by atoms with van der Waals surface area (Å²) in [4.78, 5) is 3.82. The van der Waals surface area contributed by atoms with Crippen molar-refractivity contribution in [3.8, 4) is 6.07 Å². The van der Waals surface area contributed by atoms with Gasteiger partial charge in [-0.3, -0.25) is 0 Å². The van der Waals surface area contributed by atoms with Crippen LogP contribution in [0.1, 0.15) is 11.3 Å². The summed E-state index contributed by atoms with van der Waals surface area (Å²) in [5, 5.41) is 8.94. The Balaban J connectivity index is 3.50. The van der Waals surface area contributed by atoms with Gasteiger partial charge in [-0.2, -0.15) is 5.26 Å². The molecule has 0 aromatic carbocycles. The molecule has 0 bridgehead atoms. The lowest BCUT2D eigenvalue weighted by Gasteiger charge is -2.04. The molecule has 0 unspecified atom stereocenters. The van der Waals surface area contributed by atoms with Gasteiger partial charge in [0.1, 0.15) is 11.2 Å². The molecule has 0 spiro atoms. The van der Waals surface area contributed by atoms with Crippen LogP contribution in [0.15, 0.2) is 0 Å². The fourth-order valence-corrected chi connectivity index (χ4v) is 1.58. The molecule has 0 N–H and O–H groups in total. The number of alkyl halides is 1. The number of nitrogens with zero attached hydrogens (tertiary/aromatic N) is 2. The van der Waals surface area contributed by atoms with Crippen molar-refractivity contribution in [3.63, 3.8) is 0 Å². The molecule has 1 heterocycles. The van der Waals surface area contributed by atoms with Gasteiger partial charge < -0.3 is 0 Å². The largest absolute Gasteiger partial charge is 0.237 e. The van der Waals surface area contributed by atoms with Crippen molar-refractivity contribution >= 4 is 46.4 Å². The van der Waals surface area contributed by atoms with Crippen LogP contribution in [0.4, 0.5) is 0 Å². The van der Waals surface area contributed by atoms with Gasteiger partial charge in [0.2, 0.25) is 0 Å². The molecule has 0 atom stereocenters. The normalized spacial score (nSPS) is 9.77. The summed E-state index contributed by atoms with van der Waals surface area (Å²) >= 11 is 22.6. The third-order valence-electron chi connectivity index (χ3n) is 1.35. The Morgan fingerprint density at radius 3 is 2.31 bits per heavy atom. The van der Waals surface area contributed by atoms with Crippen molar-refractivity contribution in [2.24, 2.45) is 0 Å². The predicted octanol–water partition coefficient (Wildman–Crippen LogP) is 3.65. The van der Waals surface area contributed by atoms with Crippen molar-refractivity contribution in [1.29, 1.82) is 5.26 Å². The first-order valence-corrected chi connectivity index (χ1v) is 4.78. The Hall–Kier alpha value is -0.200. The first-order valence-electron chi connectivity index (χ1n) is 3.11. The summed E-state index contributed by atoms with van der Waals surface area (Å²) in [5.74, 6) is 0.0690. The minimum absolute atomic E-state index is 0.0568. The maximum Gasteiger partial charge on any atom is 0.149 e. The third-order valence-corrected chi connectivity index (χ3v) is 2.82. The number of hydrogen-bond acceptors (Lipinski definition) is 2. The first kappa shape index (κ1) is 10.9. The van der Waals surface area contributed by atoms with E-state index in [4.69, 9.17) is 51.7 Å². The monoisotopic (exact) mass is 254 g/mol. The van der Waals surface area contributed by atoms with E-state index in [9.17, 15) is 0 Å².